The summed E-state index contributed by atoms with van der Waals surface area (Å²) in [6.07, 6.45) is -4.36. The quantitative estimate of drug-likeness (QED) is 0.630. The van der Waals surface area contributed by atoms with Crippen LogP contribution in [0, 0.1) is 17.1 Å². The fourth-order valence-corrected chi connectivity index (χ4v) is 1.69. The Balaban J connectivity index is 3.20. The molecule has 0 unspecified atom stereocenters. The molecule has 0 fully saturated rings. The molecule has 20 heavy (non-hydrogen) atoms. The van der Waals surface area contributed by atoms with E-state index in [1.807, 2.05) is 0 Å². The fraction of sp³-hybridized carbons (Fsp3) is 0.385. The van der Waals surface area contributed by atoms with Gasteiger partial charge >= 0.3 is 6.18 Å². The van der Waals surface area contributed by atoms with Gasteiger partial charge in [-0.3, -0.25) is 4.79 Å². The summed E-state index contributed by atoms with van der Waals surface area (Å²) in [4.78, 5) is 13.0. The number of hydrogen-bond donors (Lipinski definition) is 0. The topological polar surface area (TPSA) is 44.1 Å². The van der Waals surface area contributed by atoms with Crippen LogP contribution in [0.2, 0.25) is 0 Å². The van der Waals surface area contributed by atoms with Gasteiger partial charge in [0.25, 0.3) is 5.91 Å². The first kappa shape index (κ1) is 16.0. The van der Waals surface area contributed by atoms with Crippen LogP contribution in [-0.2, 0) is 6.18 Å². The summed E-state index contributed by atoms with van der Waals surface area (Å²) in [7, 11) is 0. The second-order valence-electron chi connectivity index (χ2n) is 4.05. The largest absolute Gasteiger partial charge is 0.419 e. The number of alkyl halides is 3. The number of nitriles is 1. The Morgan fingerprint density at radius 1 is 1.40 bits per heavy atom. The summed E-state index contributed by atoms with van der Waals surface area (Å²) < 4.78 is 51.5. The molecular weight excluding hydrogens is 276 g/mol. The molecule has 0 saturated heterocycles. The Hall–Kier alpha value is -2.10. The van der Waals surface area contributed by atoms with Crippen molar-refractivity contribution < 1.29 is 22.4 Å². The van der Waals surface area contributed by atoms with Crippen LogP contribution in [0.3, 0.4) is 0 Å². The first-order chi connectivity index (χ1) is 9.32. The van der Waals surface area contributed by atoms with Crippen LogP contribution in [0.15, 0.2) is 18.2 Å². The van der Waals surface area contributed by atoms with E-state index in [2.05, 4.69) is 0 Å². The number of carbonyl (C=O) groups excluding carboxylic acids is 1. The van der Waals surface area contributed by atoms with Gasteiger partial charge in [-0.15, -0.1) is 0 Å². The van der Waals surface area contributed by atoms with Crippen LogP contribution in [0.5, 0.6) is 0 Å². The highest BCUT2D eigenvalue weighted by Crippen LogP contribution is 2.32. The minimum atomic E-state index is -4.87. The summed E-state index contributed by atoms with van der Waals surface area (Å²) in [5.74, 6) is -2.53. The zero-order valence-electron chi connectivity index (χ0n) is 10.7. The van der Waals surface area contributed by atoms with E-state index < -0.39 is 29.0 Å². The lowest BCUT2D eigenvalue weighted by molar-refractivity contribution is -0.140. The molecule has 0 N–H and O–H groups in total. The number of carbonyl (C=O) groups is 1. The number of hydrogen-bond acceptors (Lipinski definition) is 2. The molecule has 0 saturated carbocycles. The van der Waals surface area contributed by atoms with Crippen LogP contribution < -0.4 is 0 Å². The average Bonchev–Trinajstić information content (AvgIpc) is 2.36. The normalized spacial score (nSPS) is 11.0. The molecule has 1 amide bonds. The number of nitrogens with zero attached hydrogens (tertiary/aromatic N) is 2. The van der Waals surface area contributed by atoms with Crippen LogP contribution >= 0.6 is 0 Å². The van der Waals surface area contributed by atoms with E-state index >= 15 is 0 Å². The zero-order chi connectivity index (χ0) is 15.3. The maximum absolute atomic E-state index is 13.8. The van der Waals surface area contributed by atoms with Gasteiger partial charge in [0, 0.05) is 6.54 Å². The SMILES string of the molecule is CCCN(CC#N)C(=O)c1cccc(C(F)(F)F)c1F. The average molecular weight is 288 g/mol. The minimum Gasteiger partial charge on any atom is -0.325 e. The molecular formula is C13H12F4N2O. The molecule has 0 heterocycles. The first-order valence-corrected chi connectivity index (χ1v) is 5.84. The highest BCUT2D eigenvalue weighted by Gasteiger charge is 2.36. The summed E-state index contributed by atoms with van der Waals surface area (Å²) >= 11 is 0. The summed E-state index contributed by atoms with van der Waals surface area (Å²) in [5, 5.41) is 8.59. The minimum absolute atomic E-state index is 0.169. The van der Waals surface area contributed by atoms with Crippen molar-refractivity contribution in [2.75, 3.05) is 13.1 Å². The molecule has 0 aromatic heterocycles. The van der Waals surface area contributed by atoms with Crippen molar-refractivity contribution in [2.45, 2.75) is 19.5 Å². The standard InChI is InChI=1S/C13H12F4N2O/c1-2-7-19(8-6-18)12(20)9-4-3-5-10(11(9)14)13(15,16)17/h3-5H,2,7-8H2,1H3. The van der Waals surface area contributed by atoms with Crippen molar-refractivity contribution in [3.05, 3.63) is 35.1 Å². The van der Waals surface area contributed by atoms with Crippen molar-refractivity contribution in [3.8, 4) is 6.07 Å². The van der Waals surface area contributed by atoms with Crippen molar-refractivity contribution in [1.29, 1.82) is 5.26 Å². The number of halogens is 4. The van der Waals surface area contributed by atoms with Gasteiger partial charge in [0.1, 0.15) is 12.4 Å². The lowest BCUT2D eigenvalue weighted by Gasteiger charge is -2.20. The Morgan fingerprint density at radius 2 is 2.05 bits per heavy atom. The van der Waals surface area contributed by atoms with Crippen LogP contribution in [0.25, 0.3) is 0 Å². The monoisotopic (exact) mass is 288 g/mol. The van der Waals surface area contributed by atoms with Crippen LogP contribution in [-0.4, -0.2) is 23.9 Å². The third kappa shape index (κ3) is 3.47. The molecule has 0 radical (unpaired) electrons. The zero-order valence-corrected chi connectivity index (χ0v) is 10.7. The Bertz CT molecular complexity index is 534. The van der Waals surface area contributed by atoms with Gasteiger partial charge in [-0.1, -0.05) is 13.0 Å². The van der Waals surface area contributed by atoms with Gasteiger partial charge in [0.2, 0.25) is 0 Å². The van der Waals surface area contributed by atoms with Crippen molar-refractivity contribution in [3.63, 3.8) is 0 Å². The van der Waals surface area contributed by atoms with E-state index in [1.165, 1.54) is 0 Å². The highest BCUT2D eigenvalue weighted by atomic mass is 19.4. The van der Waals surface area contributed by atoms with Gasteiger partial charge < -0.3 is 4.90 Å². The fourth-order valence-electron chi connectivity index (χ4n) is 1.69. The van der Waals surface area contributed by atoms with E-state index in [0.717, 1.165) is 17.0 Å². The molecule has 0 bridgehead atoms. The van der Waals surface area contributed by atoms with Gasteiger partial charge in [-0.25, -0.2) is 4.39 Å². The Labute approximate surface area is 113 Å². The molecule has 7 heteroatoms. The molecule has 3 nitrogen and oxygen atoms in total. The predicted octanol–water partition coefficient (Wildman–Crippen LogP) is 3.22. The summed E-state index contributed by atoms with van der Waals surface area (Å²) in [6, 6.07) is 4.25. The smallest absolute Gasteiger partial charge is 0.325 e. The van der Waals surface area contributed by atoms with E-state index in [0.29, 0.717) is 12.5 Å². The molecule has 1 aromatic rings. The van der Waals surface area contributed by atoms with Gasteiger partial charge in [0.15, 0.2) is 0 Å². The van der Waals surface area contributed by atoms with Crippen molar-refractivity contribution in [1.82, 2.24) is 4.90 Å². The van der Waals surface area contributed by atoms with E-state index in [4.69, 9.17) is 5.26 Å². The highest BCUT2D eigenvalue weighted by molar-refractivity contribution is 5.94. The number of benzene rings is 1. The Kier molecular flexibility index (Phi) is 5.08. The second kappa shape index (κ2) is 6.37. The van der Waals surface area contributed by atoms with Gasteiger partial charge in [-0.05, 0) is 18.6 Å². The third-order valence-corrected chi connectivity index (χ3v) is 2.58. The molecule has 0 aliphatic rings. The maximum atomic E-state index is 13.8. The van der Waals surface area contributed by atoms with Gasteiger partial charge in [0.05, 0.1) is 17.2 Å². The molecule has 1 aromatic carbocycles. The first-order valence-electron chi connectivity index (χ1n) is 5.84. The predicted molar refractivity (Wildman–Crippen MR) is 63.2 cm³/mol. The molecule has 0 spiro atoms. The maximum Gasteiger partial charge on any atom is 0.419 e. The Morgan fingerprint density at radius 3 is 2.55 bits per heavy atom. The molecule has 1 rings (SSSR count). The van der Waals surface area contributed by atoms with Crippen molar-refractivity contribution >= 4 is 5.91 Å². The molecule has 0 atom stereocenters. The molecule has 0 aliphatic heterocycles. The third-order valence-electron chi connectivity index (χ3n) is 2.58. The van der Waals surface area contributed by atoms with E-state index in [-0.39, 0.29) is 13.1 Å². The van der Waals surface area contributed by atoms with E-state index in [1.54, 1.807) is 13.0 Å². The number of rotatable bonds is 4. The second-order valence-corrected chi connectivity index (χ2v) is 4.05. The number of amides is 1. The van der Waals surface area contributed by atoms with Crippen LogP contribution in [0.1, 0.15) is 29.3 Å². The van der Waals surface area contributed by atoms with Gasteiger partial charge in [-0.2, -0.15) is 18.4 Å². The van der Waals surface area contributed by atoms with Crippen molar-refractivity contribution in [2.24, 2.45) is 0 Å². The lowest BCUT2D eigenvalue weighted by atomic mass is 10.1. The van der Waals surface area contributed by atoms with Crippen LogP contribution in [0.4, 0.5) is 17.6 Å². The summed E-state index contributed by atoms with van der Waals surface area (Å²) in [6.45, 7) is 1.60. The molecule has 0 aliphatic carbocycles. The summed E-state index contributed by atoms with van der Waals surface area (Å²) in [5.41, 5.74) is -2.17. The lowest BCUT2D eigenvalue weighted by Crippen LogP contribution is -2.33. The van der Waals surface area contributed by atoms with E-state index in [9.17, 15) is 22.4 Å². The molecule has 108 valence electrons.